The number of hydrogen-bond acceptors (Lipinski definition) is 4. The predicted octanol–water partition coefficient (Wildman–Crippen LogP) is 3.18. The molecule has 2 heterocycles. The molecule has 4 rings (SSSR count). The molecule has 144 valence electrons. The molecule has 0 spiro atoms. The minimum atomic E-state index is -0.486. The number of nitrogens with two attached hydrogens (primary N) is 1. The average Bonchev–Trinajstić information content (AvgIpc) is 3.17. The lowest BCUT2D eigenvalue weighted by Crippen LogP contribution is -2.38. The number of carbonyl (C=O) groups is 2. The van der Waals surface area contributed by atoms with Crippen LogP contribution in [-0.4, -0.2) is 40.0 Å². The summed E-state index contributed by atoms with van der Waals surface area (Å²) >= 11 is 0. The fourth-order valence-electron chi connectivity index (χ4n) is 3.59. The number of para-hydroxylation sites is 1. The summed E-state index contributed by atoms with van der Waals surface area (Å²) in [6, 6.07) is 15.0. The second-order valence-corrected chi connectivity index (χ2v) is 6.99. The fraction of sp³-hybridized carbons (Fsp3) is 0.286. The highest BCUT2D eigenvalue weighted by atomic mass is 16.6. The van der Waals surface area contributed by atoms with Crippen LogP contribution in [0.5, 0.6) is 0 Å². The minimum Gasteiger partial charge on any atom is -0.445 e. The van der Waals surface area contributed by atoms with Gasteiger partial charge in [-0.15, -0.1) is 0 Å². The van der Waals surface area contributed by atoms with E-state index in [9.17, 15) is 9.59 Å². The smallest absolute Gasteiger partial charge is 0.410 e. The summed E-state index contributed by atoms with van der Waals surface area (Å²) in [6.45, 7) is 1.50. The molecule has 0 aliphatic carbocycles. The van der Waals surface area contributed by atoms with Crippen LogP contribution < -0.4 is 5.73 Å². The highest BCUT2D eigenvalue weighted by Gasteiger charge is 2.27. The number of benzene rings is 2. The molecule has 0 unspecified atom stereocenters. The monoisotopic (exact) mass is 378 g/mol. The number of amides is 2. The molecule has 2 amide bonds. The molecule has 1 aromatic heterocycles. The van der Waals surface area contributed by atoms with E-state index in [1.54, 1.807) is 17.0 Å². The Morgan fingerprint density at radius 3 is 2.57 bits per heavy atom. The van der Waals surface area contributed by atoms with Crippen LogP contribution in [0.4, 0.5) is 4.79 Å². The summed E-state index contributed by atoms with van der Waals surface area (Å²) in [7, 11) is 0. The standard InChI is InChI=1S/C21H22N4O3/c22-19(26)16-7-4-8-17-18(16)24-20(23-17)15-9-11-25(12-10-15)21(27)28-13-14-5-2-1-3-6-14/h1-8,15H,9-13H2,(H2,22,26)(H,23,24). The van der Waals surface area contributed by atoms with E-state index in [0.717, 1.165) is 29.7 Å². The normalized spacial score (nSPS) is 14.9. The zero-order valence-electron chi connectivity index (χ0n) is 15.4. The highest BCUT2D eigenvalue weighted by molar-refractivity contribution is 6.04. The van der Waals surface area contributed by atoms with Gasteiger partial charge in [0, 0.05) is 19.0 Å². The number of carbonyl (C=O) groups excluding carboxylic acids is 2. The van der Waals surface area contributed by atoms with Crippen LogP contribution in [0.25, 0.3) is 11.0 Å². The van der Waals surface area contributed by atoms with Crippen molar-refractivity contribution in [2.45, 2.75) is 25.4 Å². The molecule has 0 atom stereocenters. The number of nitrogens with zero attached hydrogens (tertiary/aromatic N) is 2. The molecular formula is C21H22N4O3. The Bertz CT molecular complexity index is 991. The Kier molecular flexibility index (Phi) is 4.97. The van der Waals surface area contributed by atoms with E-state index in [1.807, 2.05) is 36.4 Å². The number of hydrogen-bond donors (Lipinski definition) is 2. The number of aromatic nitrogens is 2. The highest BCUT2D eigenvalue weighted by Crippen LogP contribution is 2.29. The summed E-state index contributed by atoms with van der Waals surface area (Å²) in [5.41, 5.74) is 8.24. The molecule has 3 aromatic rings. The number of ether oxygens (including phenoxy) is 1. The van der Waals surface area contributed by atoms with Gasteiger partial charge in [0.15, 0.2) is 0 Å². The van der Waals surface area contributed by atoms with Gasteiger partial charge in [-0.3, -0.25) is 4.79 Å². The number of fused-ring (bicyclic) bond motifs is 1. The third-order valence-electron chi connectivity index (χ3n) is 5.14. The molecule has 0 radical (unpaired) electrons. The fourth-order valence-corrected chi connectivity index (χ4v) is 3.59. The summed E-state index contributed by atoms with van der Waals surface area (Å²) < 4.78 is 5.41. The Labute approximate surface area is 162 Å². The van der Waals surface area contributed by atoms with Crippen molar-refractivity contribution in [2.75, 3.05) is 13.1 Å². The van der Waals surface area contributed by atoms with E-state index in [2.05, 4.69) is 9.97 Å². The first-order valence-corrected chi connectivity index (χ1v) is 9.36. The molecular weight excluding hydrogens is 356 g/mol. The number of nitrogens with one attached hydrogen (secondary N) is 1. The van der Waals surface area contributed by atoms with Crippen molar-refractivity contribution in [3.05, 3.63) is 65.5 Å². The van der Waals surface area contributed by atoms with Crippen molar-refractivity contribution >= 4 is 23.0 Å². The van der Waals surface area contributed by atoms with Crippen LogP contribution in [0, 0.1) is 0 Å². The zero-order valence-corrected chi connectivity index (χ0v) is 15.4. The summed E-state index contributed by atoms with van der Waals surface area (Å²) in [4.78, 5) is 33.5. The van der Waals surface area contributed by atoms with E-state index >= 15 is 0 Å². The number of piperidine rings is 1. The topological polar surface area (TPSA) is 101 Å². The van der Waals surface area contributed by atoms with E-state index < -0.39 is 5.91 Å². The first-order chi connectivity index (χ1) is 13.6. The van der Waals surface area contributed by atoms with E-state index in [-0.39, 0.29) is 18.6 Å². The molecule has 1 saturated heterocycles. The third-order valence-corrected chi connectivity index (χ3v) is 5.14. The van der Waals surface area contributed by atoms with Crippen LogP contribution in [0.2, 0.25) is 0 Å². The van der Waals surface area contributed by atoms with Gasteiger partial charge >= 0.3 is 6.09 Å². The Balaban J connectivity index is 1.37. The molecule has 28 heavy (non-hydrogen) atoms. The number of aromatic amines is 1. The second kappa shape index (κ2) is 7.72. The van der Waals surface area contributed by atoms with Crippen molar-refractivity contribution in [3.63, 3.8) is 0 Å². The molecule has 1 aliphatic heterocycles. The minimum absolute atomic E-state index is 0.200. The number of rotatable bonds is 4. The SMILES string of the molecule is NC(=O)c1cccc2[nH]c(C3CCN(C(=O)OCc4ccccc4)CC3)nc12. The summed E-state index contributed by atoms with van der Waals surface area (Å²) in [6.07, 6.45) is 1.28. The van der Waals surface area contributed by atoms with Gasteiger partial charge in [0.1, 0.15) is 17.9 Å². The van der Waals surface area contributed by atoms with Crippen molar-refractivity contribution in [1.82, 2.24) is 14.9 Å². The Hall–Kier alpha value is -3.35. The zero-order chi connectivity index (χ0) is 19.5. The maximum atomic E-state index is 12.3. The van der Waals surface area contributed by atoms with E-state index in [4.69, 9.17) is 10.5 Å². The van der Waals surface area contributed by atoms with Gasteiger partial charge in [0.05, 0.1) is 11.1 Å². The summed E-state index contributed by atoms with van der Waals surface area (Å²) in [5, 5.41) is 0. The van der Waals surface area contributed by atoms with Gasteiger partial charge in [0.25, 0.3) is 5.91 Å². The van der Waals surface area contributed by atoms with Gasteiger partial charge in [-0.25, -0.2) is 9.78 Å². The quantitative estimate of drug-likeness (QED) is 0.728. The van der Waals surface area contributed by atoms with Gasteiger partial charge in [0.2, 0.25) is 0 Å². The van der Waals surface area contributed by atoms with Gasteiger partial charge in [-0.1, -0.05) is 36.4 Å². The van der Waals surface area contributed by atoms with E-state index in [1.165, 1.54) is 0 Å². The molecule has 0 bridgehead atoms. The van der Waals surface area contributed by atoms with Gasteiger partial charge < -0.3 is 20.4 Å². The largest absolute Gasteiger partial charge is 0.445 e. The first kappa shape index (κ1) is 18.0. The lowest BCUT2D eigenvalue weighted by Gasteiger charge is -2.30. The molecule has 3 N–H and O–H groups in total. The van der Waals surface area contributed by atoms with Gasteiger partial charge in [-0.05, 0) is 30.5 Å². The summed E-state index contributed by atoms with van der Waals surface area (Å²) in [5.74, 6) is 0.548. The average molecular weight is 378 g/mol. The van der Waals surface area contributed by atoms with Crippen LogP contribution >= 0.6 is 0 Å². The van der Waals surface area contributed by atoms with Crippen LogP contribution in [0.3, 0.4) is 0 Å². The van der Waals surface area contributed by atoms with Crippen molar-refractivity contribution in [3.8, 4) is 0 Å². The second-order valence-electron chi connectivity index (χ2n) is 6.99. The number of primary amides is 1. The molecule has 0 saturated carbocycles. The third kappa shape index (κ3) is 3.69. The van der Waals surface area contributed by atoms with Crippen molar-refractivity contribution in [1.29, 1.82) is 0 Å². The number of imidazole rings is 1. The van der Waals surface area contributed by atoms with Gasteiger partial charge in [-0.2, -0.15) is 0 Å². The Morgan fingerprint density at radius 1 is 1.11 bits per heavy atom. The van der Waals surface area contributed by atoms with Crippen LogP contribution in [0.15, 0.2) is 48.5 Å². The maximum absolute atomic E-state index is 12.3. The molecule has 7 nitrogen and oxygen atoms in total. The predicted molar refractivity (Wildman–Crippen MR) is 105 cm³/mol. The first-order valence-electron chi connectivity index (χ1n) is 9.36. The number of H-pyrrole nitrogens is 1. The molecule has 7 heteroatoms. The van der Waals surface area contributed by atoms with Crippen molar-refractivity contribution < 1.29 is 14.3 Å². The lowest BCUT2D eigenvalue weighted by molar-refractivity contribution is 0.0866. The molecule has 1 fully saturated rings. The van der Waals surface area contributed by atoms with Crippen LogP contribution in [0.1, 0.15) is 40.5 Å². The number of likely N-dealkylation sites (tertiary alicyclic amines) is 1. The maximum Gasteiger partial charge on any atom is 0.410 e. The van der Waals surface area contributed by atoms with Crippen LogP contribution in [-0.2, 0) is 11.3 Å². The lowest BCUT2D eigenvalue weighted by atomic mass is 9.96. The Morgan fingerprint density at radius 2 is 1.86 bits per heavy atom. The molecule has 1 aliphatic rings. The molecule has 2 aromatic carbocycles. The van der Waals surface area contributed by atoms with E-state index in [0.29, 0.717) is 24.2 Å². The van der Waals surface area contributed by atoms with Crippen molar-refractivity contribution in [2.24, 2.45) is 5.73 Å².